The third-order valence-electron chi connectivity index (χ3n) is 4.14. The van der Waals surface area contributed by atoms with E-state index >= 15 is 0 Å². The predicted molar refractivity (Wildman–Crippen MR) is 116 cm³/mol. The van der Waals surface area contributed by atoms with Crippen LogP contribution in [-0.4, -0.2) is 42.6 Å². The largest absolute Gasteiger partial charge is 0.788 e. The number of hydrogen-bond donors (Lipinski definition) is 1. The summed E-state index contributed by atoms with van der Waals surface area (Å²) in [6.45, 7) is 7.91. The maximum absolute atomic E-state index is 12.4. The van der Waals surface area contributed by atoms with Crippen molar-refractivity contribution in [2.24, 2.45) is 0 Å². The van der Waals surface area contributed by atoms with Crippen LogP contribution in [0, 0.1) is 0 Å². The molecule has 0 atom stereocenters. The van der Waals surface area contributed by atoms with Crippen LogP contribution in [0.2, 0.25) is 0 Å². The van der Waals surface area contributed by atoms with Gasteiger partial charge in [-0.3, -0.25) is 0 Å². The topological polar surface area (TPSA) is 82.1 Å². The summed E-state index contributed by atoms with van der Waals surface area (Å²) in [4.78, 5) is 24.4. The Morgan fingerprint density at radius 3 is 2.13 bits per heavy atom. The highest BCUT2D eigenvalue weighted by Crippen LogP contribution is 2.25. The highest BCUT2D eigenvalue weighted by Gasteiger charge is 2.17. The first-order chi connectivity index (χ1) is 14.4. The van der Waals surface area contributed by atoms with Gasteiger partial charge in [0.15, 0.2) is 0 Å². The van der Waals surface area contributed by atoms with Gasteiger partial charge in [0, 0.05) is 0 Å². The molecule has 2 aromatic carbocycles. The number of carbonyl (C=O) groups is 2. The molecule has 0 aromatic heterocycles. The van der Waals surface area contributed by atoms with E-state index in [1.54, 1.807) is 38.1 Å². The van der Waals surface area contributed by atoms with Gasteiger partial charge in [-0.25, -0.2) is 9.59 Å². The van der Waals surface area contributed by atoms with Crippen molar-refractivity contribution in [3.8, 4) is 11.5 Å². The van der Waals surface area contributed by atoms with Gasteiger partial charge in [0.2, 0.25) is 0 Å². The second-order valence-electron chi connectivity index (χ2n) is 6.48. The Bertz CT molecular complexity index is 922. The van der Waals surface area contributed by atoms with Crippen molar-refractivity contribution in [2.75, 3.05) is 25.6 Å². The Hall–Kier alpha value is -2.93. The Morgan fingerprint density at radius 1 is 0.967 bits per heavy atom. The Morgan fingerprint density at radius 2 is 1.53 bits per heavy atom. The number of esters is 2. The minimum atomic E-state index is -0.588. The fourth-order valence-corrected chi connectivity index (χ4v) is 2.79. The van der Waals surface area contributed by atoms with Gasteiger partial charge in [-0.15, -0.1) is 0 Å². The van der Waals surface area contributed by atoms with Crippen molar-refractivity contribution in [1.29, 1.82) is 0 Å². The van der Waals surface area contributed by atoms with E-state index in [-0.39, 0.29) is 31.1 Å². The summed E-state index contributed by atoms with van der Waals surface area (Å²) in [5.74, 6) is -0.461. The third-order valence-corrected chi connectivity index (χ3v) is 4.55. The summed E-state index contributed by atoms with van der Waals surface area (Å²) in [6, 6.07) is 9.96. The normalized spacial score (nSPS) is 10.4. The molecule has 6 nitrogen and oxygen atoms in total. The van der Waals surface area contributed by atoms with Gasteiger partial charge in [0.25, 0.3) is 0 Å². The molecule has 2 aromatic rings. The number of aromatic hydroxyl groups is 1. The zero-order valence-electron chi connectivity index (χ0n) is 17.1. The molecule has 0 spiro atoms. The second kappa shape index (κ2) is 11.3. The summed E-state index contributed by atoms with van der Waals surface area (Å²) >= 11 is 4.94. The van der Waals surface area contributed by atoms with Crippen molar-refractivity contribution >= 4 is 24.6 Å². The molecule has 0 aliphatic heterocycles. The van der Waals surface area contributed by atoms with Crippen LogP contribution in [0.1, 0.15) is 45.7 Å². The first-order valence-corrected chi connectivity index (χ1v) is 10.1. The fourth-order valence-electron chi connectivity index (χ4n) is 2.70. The van der Waals surface area contributed by atoms with Crippen LogP contribution in [0.25, 0.3) is 0 Å². The quantitative estimate of drug-likeness (QED) is 0.349. The maximum Gasteiger partial charge on any atom is 0.341 e. The van der Waals surface area contributed by atoms with E-state index in [1.807, 2.05) is 6.07 Å². The molecule has 7 heteroatoms. The molecule has 0 saturated carbocycles. The van der Waals surface area contributed by atoms with Crippen LogP contribution in [-0.2, 0) is 28.5 Å². The molecular formula is C23H25O6S-. The van der Waals surface area contributed by atoms with E-state index in [4.69, 9.17) is 26.8 Å². The van der Waals surface area contributed by atoms with Gasteiger partial charge in [-0.2, -0.15) is 5.75 Å². The van der Waals surface area contributed by atoms with Gasteiger partial charge >= 0.3 is 11.9 Å². The number of hydrogen-bond acceptors (Lipinski definition) is 7. The van der Waals surface area contributed by atoms with E-state index in [0.717, 1.165) is 16.7 Å². The molecule has 0 saturated heterocycles. The van der Waals surface area contributed by atoms with Gasteiger partial charge in [-0.1, -0.05) is 24.3 Å². The Kier molecular flexibility index (Phi) is 8.80. The highest BCUT2D eigenvalue weighted by atomic mass is 32.1. The summed E-state index contributed by atoms with van der Waals surface area (Å²) in [5, 5.41) is 9.94. The number of ether oxygens (including phenoxy) is 3. The monoisotopic (exact) mass is 429 g/mol. The van der Waals surface area contributed by atoms with Crippen LogP contribution < -0.4 is 4.74 Å². The Balaban J connectivity index is 2.30. The van der Waals surface area contributed by atoms with Gasteiger partial charge in [0.05, 0.1) is 13.2 Å². The number of rotatable bonds is 10. The smallest absolute Gasteiger partial charge is 0.341 e. The van der Waals surface area contributed by atoms with Gasteiger partial charge in [-0.05, 0) is 55.7 Å². The molecule has 160 valence electrons. The van der Waals surface area contributed by atoms with Crippen molar-refractivity contribution in [1.82, 2.24) is 0 Å². The molecule has 0 bridgehead atoms. The predicted octanol–water partition coefficient (Wildman–Crippen LogP) is 3.82. The summed E-state index contributed by atoms with van der Waals surface area (Å²) in [6.07, 6.45) is 0.429. The van der Waals surface area contributed by atoms with E-state index in [2.05, 4.69) is 6.58 Å². The average Bonchev–Trinajstić information content (AvgIpc) is 2.74. The lowest BCUT2D eigenvalue weighted by atomic mass is 10.00. The zero-order chi connectivity index (χ0) is 22.1. The SMILES string of the molecule is C=C(C[S-])COc1ccc(Cc2ccc(O)c(C(=O)OCC)c2)cc1C(=O)OCC. The van der Waals surface area contributed by atoms with Crippen molar-refractivity contribution < 1.29 is 28.9 Å². The molecule has 30 heavy (non-hydrogen) atoms. The fraction of sp³-hybridized carbons (Fsp3) is 0.304. The molecule has 0 aliphatic rings. The van der Waals surface area contributed by atoms with E-state index in [0.29, 0.717) is 23.5 Å². The van der Waals surface area contributed by atoms with Gasteiger partial charge in [0.1, 0.15) is 29.2 Å². The van der Waals surface area contributed by atoms with Crippen molar-refractivity contribution in [3.05, 3.63) is 70.8 Å². The van der Waals surface area contributed by atoms with Gasteiger partial charge < -0.3 is 31.9 Å². The number of benzene rings is 2. The van der Waals surface area contributed by atoms with E-state index in [9.17, 15) is 14.7 Å². The lowest BCUT2D eigenvalue weighted by Gasteiger charge is -2.15. The molecule has 0 aliphatic carbocycles. The lowest BCUT2D eigenvalue weighted by molar-refractivity contribution is 0.0512. The standard InChI is InChI=1S/C23H26O6S/c1-4-27-22(25)18-11-16(6-8-20(18)24)10-17-7-9-21(29-13-15(3)14-30)19(12-17)23(26)28-5-2/h6-9,11-12,24,30H,3-5,10,13-14H2,1-2H3/p-1. The first-order valence-electron chi connectivity index (χ1n) is 9.56. The van der Waals surface area contributed by atoms with Crippen LogP contribution in [0.3, 0.4) is 0 Å². The lowest BCUT2D eigenvalue weighted by Crippen LogP contribution is -2.11. The highest BCUT2D eigenvalue weighted by molar-refractivity contribution is 7.58. The molecule has 2 rings (SSSR count). The minimum Gasteiger partial charge on any atom is -0.788 e. The van der Waals surface area contributed by atoms with Crippen molar-refractivity contribution in [2.45, 2.75) is 20.3 Å². The van der Waals surface area contributed by atoms with E-state index < -0.39 is 11.9 Å². The van der Waals surface area contributed by atoms with Crippen LogP contribution in [0.15, 0.2) is 48.6 Å². The van der Waals surface area contributed by atoms with Crippen LogP contribution >= 0.6 is 0 Å². The molecule has 0 radical (unpaired) electrons. The Labute approximate surface area is 181 Å². The summed E-state index contributed by atoms with van der Waals surface area (Å²) in [5.41, 5.74) is 2.73. The summed E-state index contributed by atoms with van der Waals surface area (Å²) in [7, 11) is 0. The molecule has 0 unspecified atom stereocenters. The minimum absolute atomic E-state index is 0.0994. The summed E-state index contributed by atoms with van der Waals surface area (Å²) < 4.78 is 15.8. The second-order valence-corrected chi connectivity index (χ2v) is 6.77. The molecule has 0 heterocycles. The number of phenols is 1. The van der Waals surface area contributed by atoms with E-state index in [1.165, 1.54) is 6.07 Å². The van der Waals surface area contributed by atoms with Crippen molar-refractivity contribution in [3.63, 3.8) is 0 Å². The molecule has 0 amide bonds. The van der Waals surface area contributed by atoms with Crippen LogP contribution in [0.5, 0.6) is 11.5 Å². The van der Waals surface area contributed by atoms with Crippen LogP contribution in [0.4, 0.5) is 0 Å². The number of carbonyl (C=O) groups excluding carboxylic acids is 2. The first kappa shape index (κ1) is 23.3. The molecular weight excluding hydrogens is 404 g/mol. The zero-order valence-corrected chi connectivity index (χ0v) is 17.9. The maximum atomic E-state index is 12.4. The molecule has 0 fully saturated rings. The average molecular weight is 430 g/mol. The third kappa shape index (κ3) is 6.29. The molecule has 1 N–H and O–H groups in total. The number of phenolic OH excluding ortho intramolecular Hbond substituents is 1.